The van der Waals surface area contributed by atoms with Gasteiger partial charge in [0, 0.05) is 16.1 Å². The lowest BCUT2D eigenvalue weighted by molar-refractivity contribution is 0.102. The van der Waals surface area contributed by atoms with Crippen LogP contribution in [0, 0.1) is 13.8 Å². The number of halogens is 1. The number of carbonyl (C=O) groups is 1. The second kappa shape index (κ2) is 9.30. The van der Waals surface area contributed by atoms with Gasteiger partial charge in [0.1, 0.15) is 5.01 Å². The molecule has 1 heterocycles. The zero-order valence-electron chi connectivity index (χ0n) is 17.7. The molecular formula is C23H19ClN4O3S2. The van der Waals surface area contributed by atoms with E-state index in [-0.39, 0.29) is 10.5 Å². The second-order valence-corrected chi connectivity index (χ2v) is 10.3. The highest BCUT2D eigenvalue weighted by molar-refractivity contribution is 7.92. The van der Waals surface area contributed by atoms with E-state index in [1.54, 1.807) is 43.3 Å². The summed E-state index contributed by atoms with van der Waals surface area (Å²) >= 11 is 7.12. The van der Waals surface area contributed by atoms with Crippen LogP contribution in [0.15, 0.2) is 71.6 Å². The van der Waals surface area contributed by atoms with Crippen molar-refractivity contribution in [2.45, 2.75) is 18.7 Å². The Kier molecular flexibility index (Phi) is 6.46. The Hall–Kier alpha value is -3.27. The topological polar surface area (TPSA) is 101 Å². The normalized spacial score (nSPS) is 11.2. The van der Waals surface area contributed by atoms with Gasteiger partial charge in [0.2, 0.25) is 5.13 Å². The van der Waals surface area contributed by atoms with Crippen molar-refractivity contribution in [1.82, 2.24) is 10.2 Å². The van der Waals surface area contributed by atoms with Gasteiger partial charge in [0.15, 0.2) is 0 Å². The van der Waals surface area contributed by atoms with E-state index in [9.17, 15) is 13.2 Å². The summed E-state index contributed by atoms with van der Waals surface area (Å²) in [6.45, 7) is 3.49. The van der Waals surface area contributed by atoms with Crippen molar-refractivity contribution in [3.8, 4) is 10.6 Å². The van der Waals surface area contributed by atoms with E-state index in [1.165, 1.54) is 17.4 Å². The van der Waals surface area contributed by atoms with Crippen LogP contribution in [0.4, 0.5) is 10.8 Å². The van der Waals surface area contributed by atoms with Crippen LogP contribution in [-0.2, 0) is 10.0 Å². The number of aryl methyl sites for hydroxylation is 2. The SMILES string of the molecule is Cc1ccccc1NS(=O)(=O)c1cc(C(=O)Nc2nnc(-c3ccc(Cl)cc3)s2)ccc1C. The summed E-state index contributed by atoms with van der Waals surface area (Å²) in [5, 5.41) is 12.3. The van der Waals surface area contributed by atoms with Crippen molar-refractivity contribution in [3.05, 3.63) is 88.4 Å². The number of carbonyl (C=O) groups excluding carboxylic acids is 1. The van der Waals surface area contributed by atoms with E-state index >= 15 is 0 Å². The van der Waals surface area contributed by atoms with Gasteiger partial charge in [-0.2, -0.15) is 0 Å². The number of benzene rings is 3. The molecule has 0 atom stereocenters. The summed E-state index contributed by atoms with van der Waals surface area (Å²) in [5.74, 6) is -0.485. The van der Waals surface area contributed by atoms with Gasteiger partial charge in [-0.15, -0.1) is 10.2 Å². The van der Waals surface area contributed by atoms with Crippen LogP contribution in [0.25, 0.3) is 10.6 Å². The van der Waals surface area contributed by atoms with Crippen LogP contribution >= 0.6 is 22.9 Å². The third-order valence-electron chi connectivity index (χ3n) is 4.87. The number of aromatic nitrogens is 2. The fourth-order valence-electron chi connectivity index (χ4n) is 3.07. The maximum absolute atomic E-state index is 13.0. The van der Waals surface area contributed by atoms with Crippen LogP contribution in [0.3, 0.4) is 0 Å². The second-order valence-electron chi connectivity index (χ2n) is 7.27. The Balaban J connectivity index is 1.55. The Morgan fingerprint density at radius 2 is 1.67 bits per heavy atom. The summed E-state index contributed by atoms with van der Waals surface area (Å²) in [5.41, 5.74) is 2.81. The molecule has 4 rings (SSSR count). The van der Waals surface area contributed by atoms with E-state index in [1.807, 2.05) is 31.2 Å². The fourth-order valence-corrected chi connectivity index (χ4v) is 5.34. The first-order valence-corrected chi connectivity index (χ1v) is 12.5. The van der Waals surface area contributed by atoms with Crippen molar-refractivity contribution in [2.75, 3.05) is 10.0 Å². The molecule has 2 N–H and O–H groups in total. The number of amides is 1. The molecule has 0 unspecified atom stereocenters. The van der Waals surface area contributed by atoms with Gasteiger partial charge in [-0.25, -0.2) is 8.42 Å². The number of rotatable bonds is 6. The lowest BCUT2D eigenvalue weighted by Gasteiger charge is -2.13. The van der Waals surface area contributed by atoms with E-state index in [0.29, 0.717) is 26.4 Å². The van der Waals surface area contributed by atoms with Crippen LogP contribution in [0.5, 0.6) is 0 Å². The fraction of sp³-hybridized carbons (Fsp3) is 0.0870. The standard InChI is InChI=1S/C23H19ClN4O3S2/c1-14-5-3-4-6-19(14)28-33(30,31)20-13-17(8-7-15(20)2)21(29)25-23-27-26-22(32-23)16-9-11-18(24)12-10-16/h3-13,28H,1-2H3,(H,25,27,29). The molecule has 1 aromatic heterocycles. The monoisotopic (exact) mass is 498 g/mol. The molecular weight excluding hydrogens is 480 g/mol. The first kappa shape index (κ1) is 22.9. The molecule has 10 heteroatoms. The first-order valence-electron chi connectivity index (χ1n) is 9.83. The lowest BCUT2D eigenvalue weighted by Crippen LogP contribution is -2.17. The lowest BCUT2D eigenvalue weighted by atomic mass is 10.1. The van der Waals surface area contributed by atoms with E-state index in [2.05, 4.69) is 20.2 Å². The summed E-state index contributed by atoms with van der Waals surface area (Å²) in [6, 6.07) is 18.7. The number of anilines is 2. The molecule has 1 amide bonds. The summed E-state index contributed by atoms with van der Waals surface area (Å²) in [7, 11) is -3.90. The number of para-hydroxylation sites is 1. The van der Waals surface area contributed by atoms with Gasteiger partial charge in [0.05, 0.1) is 10.6 Å². The number of nitrogens with zero attached hydrogens (tertiary/aromatic N) is 2. The third-order valence-corrected chi connectivity index (χ3v) is 7.51. The summed E-state index contributed by atoms with van der Waals surface area (Å²) in [6.07, 6.45) is 0. The predicted molar refractivity (Wildman–Crippen MR) is 131 cm³/mol. The minimum Gasteiger partial charge on any atom is -0.296 e. The summed E-state index contributed by atoms with van der Waals surface area (Å²) < 4.78 is 28.6. The maximum atomic E-state index is 13.0. The Morgan fingerprint density at radius 1 is 0.939 bits per heavy atom. The van der Waals surface area contributed by atoms with Crippen molar-refractivity contribution < 1.29 is 13.2 Å². The van der Waals surface area contributed by atoms with Gasteiger partial charge >= 0.3 is 0 Å². The molecule has 0 fully saturated rings. The van der Waals surface area contributed by atoms with Gasteiger partial charge in [-0.1, -0.05) is 59.3 Å². The van der Waals surface area contributed by atoms with Crippen molar-refractivity contribution >= 4 is 49.7 Å². The first-order chi connectivity index (χ1) is 15.7. The average Bonchev–Trinajstić information content (AvgIpc) is 3.24. The molecule has 0 aliphatic rings. The molecule has 0 bridgehead atoms. The number of sulfonamides is 1. The molecule has 7 nitrogen and oxygen atoms in total. The zero-order chi connectivity index (χ0) is 23.6. The molecule has 4 aromatic rings. The van der Waals surface area contributed by atoms with Gasteiger partial charge in [-0.3, -0.25) is 14.8 Å². The molecule has 0 spiro atoms. The number of nitrogens with one attached hydrogen (secondary N) is 2. The van der Waals surface area contributed by atoms with E-state index in [4.69, 9.17) is 11.6 Å². The highest BCUT2D eigenvalue weighted by Crippen LogP contribution is 2.28. The largest absolute Gasteiger partial charge is 0.296 e. The third kappa shape index (κ3) is 5.22. The quantitative estimate of drug-likeness (QED) is 0.364. The molecule has 3 aromatic carbocycles. The molecule has 0 aliphatic heterocycles. The highest BCUT2D eigenvalue weighted by atomic mass is 35.5. The summed E-state index contributed by atoms with van der Waals surface area (Å²) in [4.78, 5) is 12.8. The minimum atomic E-state index is -3.90. The Bertz CT molecular complexity index is 1430. The van der Waals surface area contributed by atoms with Crippen molar-refractivity contribution in [1.29, 1.82) is 0 Å². The van der Waals surface area contributed by atoms with Gasteiger partial charge in [0.25, 0.3) is 15.9 Å². The van der Waals surface area contributed by atoms with E-state index < -0.39 is 15.9 Å². The molecule has 0 saturated heterocycles. The van der Waals surface area contributed by atoms with Crippen molar-refractivity contribution in [3.63, 3.8) is 0 Å². The smallest absolute Gasteiger partial charge is 0.262 e. The predicted octanol–water partition coefficient (Wildman–Crippen LogP) is 5.53. The molecule has 33 heavy (non-hydrogen) atoms. The van der Waals surface area contributed by atoms with Gasteiger partial charge in [-0.05, 0) is 55.3 Å². The van der Waals surface area contributed by atoms with Crippen LogP contribution in [-0.4, -0.2) is 24.5 Å². The zero-order valence-corrected chi connectivity index (χ0v) is 20.1. The Morgan fingerprint density at radius 3 is 2.39 bits per heavy atom. The molecule has 168 valence electrons. The number of hydrogen-bond acceptors (Lipinski definition) is 6. The van der Waals surface area contributed by atoms with Crippen molar-refractivity contribution in [2.24, 2.45) is 0 Å². The number of hydrogen-bond donors (Lipinski definition) is 2. The van der Waals surface area contributed by atoms with Gasteiger partial charge < -0.3 is 0 Å². The maximum Gasteiger partial charge on any atom is 0.262 e. The van der Waals surface area contributed by atoms with Crippen LogP contribution in [0.2, 0.25) is 5.02 Å². The minimum absolute atomic E-state index is 0.0255. The highest BCUT2D eigenvalue weighted by Gasteiger charge is 2.20. The average molecular weight is 499 g/mol. The van der Waals surface area contributed by atoms with E-state index in [0.717, 1.165) is 11.1 Å². The van der Waals surface area contributed by atoms with Crippen LogP contribution < -0.4 is 10.0 Å². The molecule has 0 saturated carbocycles. The molecule has 0 aliphatic carbocycles. The molecule has 0 radical (unpaired) electrons. The Labute approximate surface area is 200 Å². The van der Waals surface area contributed by atoms with Crippen LogP contribution in [0.1, 0.15) is 21.5 Å².